The van der Waals surface area contributed by atoms with E-state index >= 15 is 0 Å². The fraction of sp³-hybridized carbons (Fsp3) is 0.333. The minimum absolute atomic E-state index is 0.00898. The lowest BCUT2D eigenvalue weighted by Crippen LogP contribution is -2.20. The molecule has 1 atom stereocenters. The molecule has 1 aromatic heterocycles. The van der Waals surface area contributed by atoms with Crippen LogP contribution in [0, 0.1) is 12.7 Å². The molecule has 0 aliphatic rings. The van der Waals surface area contributed by atoms with Crippen LogP contribution in [-0.2, 0) is 6.42 Å². The Kier molecular flexibility index (Phi) is 4.63. The van der Waals surface area contributed by atoms with Crippen molar-refractivity contribution in [3.63, 3.8) is 0 Å². The van der Waals surface area contributed by atoms with Gasteiger partial charge < -0.3 is 10.1 Å². The fourth-order valence-corrected chi connectivity index (χ4v) is 2.16. The summed E-state index contributed by atoms with van der Waals surface area (Å²) in [7, 11) is 3.42. The maximum absolute atomic E-state index is 13.4. The molecule has 0 fully saturated rings. The predicted molar refractivity (Wildman–Crippen MR) is 75.2 cm³/mol. The number of methoxy groups -OCH3 is 1. The van der Waals surface area contributed by atoms with Gasteiger partial charge in [-0.05, 0) is 37.2 Å². The van der Waals surface area contributed by atoms with Crippen molar-refractivity contribution < 1.29 is 9.13 Å². The average molecular weight is 275 g/mol. The number of ether oxygens (including phenoxy) is 1. The van der Waals surface area contributed by atoms with Gasteiger partial charge in [-0.1, -0.05) is 6.07 Å². The molecule has 4 nitrogen and oxygen atoms in total. The number of nitrogens with one attached hydrogen (secondary N) is 1. The Morgan fingerprint density at radius 3 is 2.80 bits per heavy atom. The van der Waals surface area contributed by atoms with Crippen LogP contribution >= 0.6 is 0 Å². The van der Waals surface area contributed by atoms with E-state index < -0.39 is 0 Å². The summed E-state index contributed by atoms with van der Waals surface area (Å²) in [6.07, 6.45) is 2.11. The van der Waals surface area contributed by atoms with Crippen LogP contribution in [0.3, 0.4) is 0 Å². The van der Waals surface area contributed by atoms with E-state index in [1.54, 1.807) is 25.3 Å². The first-order valence-corrected chi connectivity index (χ1v) is 6.42. The Morgan fingerprint density at radius 2 is 2.10 bits per heavy atom. The SMILES string of the molecule is CNC(Cc1cc(OC)ncn1)c1cc(F)ccc1C. The molecule has 0 aliphatic carbocycles. The predicted octanol–water partition coefficient (Wildman–Crippen LogP) is 2.44. The lowest BCUT2D eigenvalue weighted by molar-refractivity contribution is 0.395. The van der Waals surface area contributed by atoms with Crippen molar-refractivity contribution in [2.45, 2.75) is 19.4 Å². The van der Waals surface area contributed by atoms with Gasteiger partial charge >= 0.3 is 0 Å². The molecule has 0 radical (unpaired) electrons. The third kappa shape index (κ3) is 3.30. The zero-order chi connectivity index (χ0) is 14.5. The molecule has 0 saturated heterocycles. The van der Waals surface area contributed by atoms with Crippen molar-refractivity contribution in [3.8, 4) is 5.88 Å². The number of hydrogen-bond donors (Lipinski definition) is 1. The summed E-state index contributed by atoms with van der Waals surface area (Å²) in [5, 5.41) is 3.20. The summed E-state index contributed by atoms with van der Waals surface area (Å²) in [5.41, 5.74) is 2.83. The van der Waals surface area contributed by atoms with Crippen molar-refractivity contribution in [2.24, 2.45) is 0 Å². The van der Waals surface area contributed by atoms with Gasteiger partial charge in [0.25, 0.3) is 0 Å². The summed E-state index contributed by atoms with van der Waals surface area (Å²) >= 11 is 0. The molecule has 0 spiro atoms. The first kappa shape index (κ1) is 14.4. The van der Waals surface area contributed by atoms with Crippen molar-refractivity contribution in [1.82, 2.24) is 15.3 Å². The van der Waals surface area contributed by atoms with Crippen LogP contribution in [0.1, 0.15) is 22.9 Å². The Morgan fingerprint density at radius 1 is 1.30 bits per heavy atom. The number of benzene rings is 1. The van der Waals surface area contributed by atoms with Crippen molar-refractivity contribution in [2.75, 3.05) is 14.2 Å². The summed E-state index contributed by atoms with van der Waals surface area (Å²) in [6, 6.07) is 6.60. The molecule has 1 aromatic carbocycles. The molecule has 2 aromatic rings. The van der Waals surface area contributed by atoms with Crippen molar-refractivity contribution >= 4 is 0 Å². The number of halogens is 1. The lowest BCUT2D eigenvalue weighted by atomic mass is 9.97. The summed E-state index contributed by atoms with van der Waals surface area (Å²) in [5.74, 6) is 0.298. The molecule has 106 valence electrons. The molecule has 1 N–H and O–H groups in total. The Labute approximate surface area is 118 Å². The Balaban J connectivity index is 2.26. The highest BCUT2D eigenvalue weighted by atomic mass is 19.1. The molecule has 0 bridgehead atoms. The van der Waals surface area contributed by atoms with E-state index in [1.165, 1.54) is 12.4 Å². The third-order valence-corrected chi connectivity index (χ3v) is 3.29. The van der Waals surface area contributed by atoms with Crippen molar-refractivity contribution in [1.29, 1.82) is 0 Å². The zero-order valence-corrected chi connectivity index (χ0v) is 11.9. The molecule has 20 heavy (non-hydrogen) atoms. The maximum atomic E-state index is 13.4. The molecule has 0 amide bonds. The van der Waals surface area contributed by atoms with E-state index in [1.807, 2.05) is 14.0 Å². The van der Waals surface area contributed by atoms with E-state index in [-0.39, 0.29) is 11.9 Å². The second-order valence-electron chi connectivity index (χ2n) is 4.60. The highest BCUT2D eigenvalue weighted by Crippen LogP contribution is 2.22. The van der Waals surface area contributed by atoms with E-state index in [2.05, 4.69) is 15.3 Å². The third-order valence-electron chi connectivity index (χ3n) is 3.29. The van der Waals surface area contributed by atoms with Crippen LogP contribution in [0.25, 0.3) is 0 Å². The van der Waals surface area contributed by atoms with Gasteiger partial charge in [-0.25, -0.2) is 14.4 Å². The van der Waals surface area contributed by atoms with E-state index in [0.717, 1.165) is 16.8 Å². The summed E-state index contributed by atoms with van der Waals surface area (Å²) in [6.45, 7) is 1.97. The minimum atomic E-state index is -0.230. The topological polar surface area (TPSA) is 47.0 Å². The highest BCUT2D eigenvalue weighted by molar-refractivity contribution is 5.31. The van der Waals surface area contributed by atoms with Crippen LogP contribution in [0.2, 0.25) is 0 Å². The van der Waals surface area contributed by atoms with Crippen LogP contribution in [0.5, 0.6) is 5.88 Å². The minimum Gasteiger partial charge on any atom is -0.481 e. The molecule has 2 rings (SSSR count). The van der Waals surface area contributed by atoms with Gasteiger partial charge in [-0.15, -0.1) is 0 Å². The fourth-order valence-electron chi connectivity index (χ4n) is 2.16. The average Bonchev–Trinajstić information content (AvgIpc) is 2.47. The maximum Gasteiger partial charge on any atom is 0.216 e. The largest absolute Gasteiger partial charge is 0.481 e. The Hall–Kier alpha value is -2.01. The first-order valence-electron chi connectivity index (χ1n) is 6.42. The monoisotopic (exact) mass is 275 g/mol. The van der Waals surface area contributed by atoms with Crippen LogP contribution in [0.4, 0.5) is 4.39 Å². The Bertz CT molecular complexity index is 589. The molecule has 5 heteroatoms. The lowest BCUT2D eigenvalue weighted by Gasteiger charge is -2.18. The van der Waals surface area contributed by atoms with Gasteiger partial charge in [0.15, 0.2) is 0 Å². The number of rotatable bonds is 5. The second-order valence-corrected chi connectivity index (χ2v) is 4.60. The number of aromatic nitrogens is 2. The van der Waals surface area contributed by atoms with Gasteiger partial charge in [0.1, 0.15) is 12.1 Å². The number of likely N-dealkylation sites (N-methyl/N-ethyl adjacent to an activating group) is 1. The molecule has 0 saturated carbocycles. The number of nitrogens with zero attached hydrogens (tertiary/aromatic N) is 2. The molecule has 0 aliphatic heterocycles. The zero-order valence-electron chi connectivity index (χ0n) is 11.9. The van der Waals surface area contributed by atoms with Crippen LogP contribution in [0.15, 0.2) is 30.6 Å². The first-order chi connectivity index (χ1) is 9.63. The van der Waals surface area contributed by atoms with E-state index in [0.29, 0.717) is 12.3 Å². The van der Waals surface area contributed by atoms with Crippen LogP contribution in [-0.4, -0.2) is 24.1 Å². The molecule has 1 unspecified atom stereocenters. The van der Waals surface area contributed by atoms with Gasteiger partial charge in [-0.2, -0.15) is 0 Å². The van der Waals surface area contributed by atoms with E-state index in [9.17, 15) is 4.39 Å². The summed E-state index contributed by atoms with van der Waals surface area (Å²) in [4.78, 5) is 8.21. The van der Waals surface area contributed by atoms with Gasteiger partial charge in [0.2, 0.25) is 5.88 Å². The molecular formula is C15H18FN3O. The van der Waals surface area contributed by atoms with Gasteiger partial charge in [0, 0.05) is 24.2 Å². The normalized spacial score (nSPS) is 12.2. The number of hydrogen-bond acceptors (Lipinski definition) is 4. The quantitative estimate of drug-likeness (QED) is 0.910. The smallest absolute Gasteiger partial charge is 0.216 e. The van der Waals surface area contributed by atoms with Gasteiger partial charge in [0.05, 0.1) is 7.11 Å². The standard InChI is InChI=1S/C15H18FN3O/c1-10-4-5-11(16)6-13(10)14(17-2)7-12-8-15(20-3)19-9-18-12/h4-6,8-9,14,17H,7H2,1-3H3. The second kappa shape index (κ2) is 6.43. The van der Waals surface area contributed by atoms with E-state index in [4.69, 9.17) is 4.74 Å². The van der Waals surface area contributed by atoms with Gasteiger partial charge in [-0.3, -0.25) is 0 Å². The number of aryl methyl sites for hydroxylation is 1. The van der Waals surface area contributed by atoms with Crippen LogP contribution < -0.4 is 10.1 Å². The molecule has 1 heterocycles. The highest BCUT2D eigenvalue weighted by Gasteiger charge is 2.14. The van der Waals surface area contributed by atoms with Crippen molar-refractivity contribution in [3.05, 3.63) is 53.2 Å². The molecular weight excluding hydrogens is 257 g/mol. The summed E-state index contributed by atoms with van der Waals surface area (Å²) < 4.78 is 18.5.